The lowest BCUT2D eigenvalue weighted by Crippen LogP contribution is -2.51. The summed E-state index contributed by atoms with van der Waals surface area (Å²) in [6.07, 6.45) is 8.67. The van der Waals surface area contributed by atoms with Crippen molar-refractivity contribution >= 4 is 0 Å². The molecule has 0 aromatic rings. The summed E-state index contributed by atoms with van der Waals surface area (Å²) in [5.41, 5.74) is 1.82. The Kier molecular flexibility index (Phi) is 3.95. The number of hydrogen-bond acceptors (Lipinski definition) is 3. The van der Waals surface area contributed by atoms with Crippen LogP contribution in [-0.2, 0) is 0 Å². The van der Waals surface area contributed by atoms with E-state index in [9.17, 15) is 15.3 Å². The molecule has 4 aliphatic rings. The van der Waals surface area contributed by atoms with Crippen LogP contribution in [0.1, 0.15) is 65.7 Å². The monoisotopic (exact) mass is 334 g/mol. The van der Waals surface area contributed by atoms with Gasteiger partial charge < -0.3 is 15.3 Å². The van der Waals surface area contributed by atoms with E-state index in [1.165, 1.54) is 12.0 Å². The molecule has 3 N–H and O–H groups in total. The second-order valence-corrected chi connectivity index (χ2v) is 9.77. The molecule has 0 aromatic carbocycles. The van der Waals surface area contributed by atoms with Crippen molar-refractivity contribution in [2.24, 2.45) is 34.5 Å². The summed E-state index contributed by atoms with van der Waals surface area (Å²) in [4.78, 5) is 0. The predicted octanol–water partition coefficient (Wildman–Crippen LogP) is 3.28. The van der Waals surface area contributed by atoms with Gasteiger partial charge in [-0.1, -0.05) is 25.5 Å². The lowest BCUT2D eigenvalue weighted by Gasteiger charge is -2.58. The van der Waals surface area contributed by atoms with Gasteiger partial charge in [0.15, 0.2) is 0 Å². The first kappa shape index (κ1) is 17.1. The minimum absolute atomic E-state index is 0.0230. The van der Waals surface area contributed by atoms with E-state index < -0.39 is 6.10 Å². The molecule has 3 nitrogen and oxygen atoms in total. The molecule has 0 aromatic heterocycles. The molecular formula is C21H34O3. The fourth-order valence-corrected chi connectivity index (χ4v) is 7.57. The van der Waals surface area contributed by atoms with Gasteiger partial charge in [-0.25, -0.2) is 0 Å². The number of hydrogen-bond donors (Lipinski definition) is 3. The van der Waals surface area contributed by atoms with Crippen molar-refractivity contribution in [3.05, 3.63) is 11.6 Å². The minimum atomic E-state index is -0.429. The standard InChI is InChI=1S/C21H34O3/c1-12(22)19-18(24)11-17-15-5-4-13-10-14(23)6-8-20(13,2)16(15)7-9-21(17,19)3/h4,12,14-19,22-24H,5-11H2,1-3H3/t12-,14+,15+,16+,17+,18+,19+,20-,21+/m0/s1. The molecule has 0 amide bonds. The van der Waals surface area contributed by atoms with Gasteiger partial charge in [0.25, 0.3) is 0 Å². The lowest BCUT2D eigenvalue weighted by atomic mass is 9.47. The maximum atomic E-state index is 10.7. The topological polar surface area (TPSA) is 60.7 Å². The van der Waals surface area contributed by atoms with E-state index in [4.69, 9.17) is 0 Å². The third-order valence-corrected chi connectivity index (χ3v) is 8.71. The van der Waals surface area contributed by atoms with Crippen molar-refractivity contribution in [1.29, 1.82) is 0 Å². The number of rotatable bonds is 1. The number of fused-ring (bicyclic) bond motifs is 5. The smallest absolute Gasteiger partial charge is 0.0601 e. The van der Waals surface area contributed by atoms with Crippen molar-refractivity contribution in [1.82, 2.24) is 0 Å². The zero-order valence-corrected chi connectivity index (χ0v) is 15.4. The summed E-state index contributed by atoms with van der Waals surface area (Å²) in [6.45, 7) is 6.62. The van der Waals surface area contributed by atoms with Crippen LogP contribution in [0.25, 0.3) is 0 Å². The number of aliphatic hydroxyl groups excluding tert-OH is 3. The molecule has 4 rings (SSSR count). The predicted molar refractivity (Wildman–Crippen MR) is 94.3 cm³/mol. The molecule has 9 atom stereocenters. The first-order valence-corrected chi connectivity index (χ1v) is 10.0. The Morgan fingerprint density at radius 3 is 2.58 bits per heavy atom. The van der Waals surface area contributed by atoms with E-state index in [1.54, 1.807) is 0 Å². The Labute approximate surface area is 146 Å². The highest BCUT2D eigenvalue weighted by molar-refractivity contribution is 5.25. The molecule has 0 unspecified atom stereocenters. The zero-order valence-electron chi connectivity index (χ0n) is 15.4. The molecule has 3 heteroatoms. The largest absolute Gasteiger partial charge is 0.393 e. The Bertz CT molecular complexity index is 541. The van der Waals surface area contributed by atoms with Crippen LogP contribution in [0.3, 0.4) is 0 Å². The fraction of sp³-hybridized carbons (Fsp3) is 0.905. The minimum Gasteiger partial charge on any atom is -0.393 e. The summed E-state index contributed by atoms with van der Waals surface area (Å²) >= 11 is 0. The van der Waals surface area contributed by atoms with Gasteiger partial charge in [0, 0.05) is 5.92 Å². The third kappa shape index (κ3) is 2.20. The SMILES string of the molecule is C[C@H](O)[C@@H]1[C@H](O)C[C@@H]2[C@@H]3CC=C4C[C@H](O)CC[C@]4(C)[C@@H]3CC[C@@]12C. The summed E-state index contributed by atoms with van der Waals surface area (Å²) in [5, 5.41) is 31.0. The van der Waals surface area contributed by atoms with Crippen molar-refractivity contribution in [3.63, 3.8) is 0 Å². The molecule has 0 saturated heterocycles. The van der Waals surface area contributed by atoms with Gasteiger partial charge in [-0.3, -0.25) is 0 Å². The van der Waals surface area contributed by atoms with Gasteiger partial charge in [0.2, 0.25) is 0 Å². The average molecular weight is 335 g/mol. The molecule has 0 spiro atoms. The van der Waals surface area contributed by atoms with Gasteiger partial charge in [-0.15, -0.1) is 0 Å². The van der Waals surface area contributed by atoms with Crippen LogP contribution in [0, 0.1) is 34.5 Å². The van der Waals surface area contributed by atoms with Crippen LogP contribution in [0.4, 0.5) is 0 Å². The van der Waals surface area contributed by atoms with Crippen LogP contribution >= 0.6 is 0 Å². The van der Waals surface area contributed by atoms with E-state index in [0.29, 0.717) is 17.8 Å². The van der Waals surface area contributed by atoms with Crippen molar-refractivity contribution in [2.45, 2.75) is 84.0 Å². The lowest BCUT2D eigenvalue weighted by molar-refractivity contribution is -0.0761. The first-order chi connectivity index (χ1) is 11.3. The van der Waals surface area contributed by atoms with Gasteiger partial charge >= 0.3 is 0 Å². The summed E-state index contributed by atoms with van der Waals surface area (Å²) in [5.74, 6) is 1.86. The molecule has 4 aliphatic carbocycles. The molecular weight excluding hydrogens is 300 g/mol. The quantitative estimate of drug-likeness (QED) is 0.645. The van der Waals surface area contributed by atoms with Crippen LogP contribution < -0.4 is 0 Å². The van der Waals surface area contributed by atoms with Gasteiger partial charge in [0.05, 0.1) is 18.3 Å². The molecule has 0 bridgehead atoms. The Hall–Kier alpha value is -0.380. The first-order valence-electron chi connectivity index (χ1n) is 10.0. The Balaban J connectivity index is 1.67. The molecule has 136 valence electrons. The maximum Gasteiger partial charge on any atom is 0.0601 e. The molecule has 24 heavy (non-hydrogen) atoms. The van der Waals surface area contributed by atoms with E-state index >= 15 is 0 Å². The van der Waals surface area contributed by atoms with E-state index in [-0.39, 0.29) is 29.0 Å². The van der Waals surface area contributed by atoms with Crippen molar-refractivity contribution in [2.75, 3.05) is 0 Å². The Morgan fingerprint density at radius 1 is 1.12 bits per heavy atom. The van der Waals surface area contributed by atoms with Crippen LogP contribution in [0.5, 0.6) is 0 Å². The van der Waals surface area contributed by atoms with E-state index in [2.05, 4.69) is 19.9 Å². The molecule has 0 radical (unpaired) electrons. The van der Waals surface area contributed by atoms with Gasteiger partial charge in [-0.05, 0) is 80.5 Å². The second kappa shape index (κ2) is 5.56. The molecule has 3 fully saturated rings. The van der Waals surface area contributed by atoms with Crippen LogP contribution in [-0.4, -0.2) is 33.6 Å². The molecule has 0 aliphatic heterocycles. The van der Waals surface area contributed by atoms with E-state index in [1.807, 2.05) is 6.92 Å². The molecule has 0 heterocycles. The number of aliphatic hydroxyl groups is 3. The van der Waals surface area contributed by atoms with Gasteiger partial charge in [-0.2, -0.15) is 0 Å². The highest BCUT2D eigenvalue weighted by Gasteiger charge is 2.61. The van der Waals surface area contributed by atoms with Crippen molar-refractivity contribution < 1.29 is 15.3 Å². The van der Waals surface area contributed by atoms with E-state index in [0.717, 1.165) is 38.5 Å². The summed E-state index contributed by atoms with van der Waals surface area (Å²) in [7, 11) is 0. The van der Waals surface area contributed by atoms with Gasteiger partial charge in [0.1, 0.15) is 0 Å². The summed E-state index contributed by atoms with van der Waals surface area (Å²) in [6, 6.07) is 0. The fourth-order valence-electron chi connectivity index (χ4n) is 7.57. The van der Waals surface area contributed by atoms with Crippen molar-refractivity contribution in [3.8, 4) is 0 Å². The zero-order chi connectivity index (χ0) is 17.3. The Morgan fingerprint density at radius 2 is 1.88 bits per heavy atom. The van der Waals surface area contributed by atoms with Crippen LogP contribution in [0.2, 0.25) is 0 Å². The summed E-state index contributed by atoms with van der Waals surface area (Å²) < 4.78 is 0. The number of allylic oxidation sites excluding steroid dienone is 1. The van der Waals surface area contributed by atoms with Crippen LogP contribution in [0.15, 0.2) is 11.6 Å². The highest BCUT2D eigenvalue weighted by Crippen LogP contribution is 2.66. The average Bonchev–Trinajstić information content (AvgIpc) is 2.78. The normalized spacial score (nSPS) is 55.2. The second-order valence-electron chi connectivity index (χ2n) is 9.77. The third-order valence-electron chi connectivity index (χ3n) is 8.71. The highest BCUT2D eigenvalue weighted by atomic mass is 16.3. The maximum absolute atomic E-state index is 10.7. The molecule has 3 saturated carbocycles.